The van der Waals surface area contributed by atoms with Crippen molar-refractivity contribution in [2.75, 3.05) is 32.8 Å². The zero-order valence-electron chi connectivity index (χ0n) is 24.0. The van der Waals surface area contributed by atoms with Gasteiger partial charge in [0, 0.05) is 42.7 Å². The van der Waals surface area contributed by atoms with E-state index >= 15 is 0 Å². The van der Waals surface area contributed by atoms with Crippen LogP contribution < -0.4 is 9.47 Å². The molecule has 2 saturated heterocycles. The van der Waals surface area contributed by atoms with Gasteiger partial charge in [0.2, 0.25) is 0 Å². The Bertz CT molecular complexity index is 1410. The van der Waals surface area contributed by atoms with Crippen molar-refractivity contribution < 1.29 is 37.0 Å². The first-order valence-electron chi connectivity index (χ1n) is 14.5. The van der Waals surface area contributed by atoms with Crippen LogP contribution in [0.15, 0.2) is 78.9 Å². The van der Waals surface area contributed by atoms with Crippen molar-refractivity contribution in [1.29, 1.82) is 0 Å². The Morgan fingerprint density at radius 1 is 0.884 bits per heavy atom. The topological polar surface area (TPSA) is 68.3 Å². The molecule has 1 unspecified atom stereocenters. The Hall–Kier alpha value is -4.05. The van der Waals surface area contributed by atoms with Gasteiger partial charge < -0.3 is 19.1 Å². The Morgan fingerprint density at radius 2 is 1.56 bits per heavy atom. The second-order valence-electron chi connectivity index (χ2n) is 11.0. The van der Waals surface area contributed by atoms with Crippen LogP contribution in [-0.4, -0.2) is 66.7 Å². The van der Waals surface area contributed by atoms with Crippen LogP contribution in [0.5, 0.6) is 17.2 Å². The summed E-state index contributed by atoms with van der Waals surface area (Å²) >= 11 is 0. The van der Waals surface area contributed by atoms with E-state index in [2.05, 4.69) is 0 Å². The molecule has 0 N–H and O–H groups in total. The number of amides is 1. The average Bonchev–Trinajstić information content (AvgIpc) is 3.00. The van der Waals surface area contributed by atoms with Gasteiger partial charge >= 0.3 is 12.1 Å². The number of carbonyl (C=O) groups excluding carboxylic acids is 2. The highest BCUT2D eigenvalue weighted by atomic mass is 19.4. The molecule has 2 aliphatic rings. The molecule has 2 heterocycles. The number of nitrogens with zero attached hydrogens (tertiary/aromatic N) is 2. The van der Waals surface area contributed by atoms with E-state index in [9.17, 15) is 22.8 Å². The molecule has 0 saturated carbocycles. The van der Waals surface area contributed by atoms with Crippen molar-refractivity contribution in [3.63, 3.8) is 0 Å². The highest BCUT2D eigenvalue weighted by Crippen LogP contribution is 2.44. The number of carbonyl (C=O) groups is 2. The van der Waals surface area contributed by atoms with Crippen LogP contribution in [0.1, 0.15) is 42.1 Å². The first kappa shape index (κ1) is 30.4. The maximum atomic E-state index is 13.4. The molecular formula is C33H35F3N2O5. The number of alkyl halides is 3. The van der Waals surface area contributed by atoms with Crippen LogP contribution in [0.25, 0.3) is 0 Å². The lowest BCUT2D eigenvalue weighted by atomic mass is 9.69. The van der Waals surface area contributed by atoms with E-state index < -0.39 is 23.7 Å². The van der Waals surface area contributed by atoms with Gasteiger partial charge in [-0.05, 0) is 69.1 Å². The quantitative estimate of drug-likeness (QED) is 0.278. The highest BCUT2D eigenvalue weighted by molar-refractivity contribution is 5.94. The molecule has 5 rings (SSSR count). The van der Waals surface area contributed by atoms with Crippen LogP contribution in [0.4, 0.5) is 13.2 Å². The molecule has 1 spiro atoms. The molecule has 3 aromatic rings. The van der Waals surface area contributed by atoms with E-state index in [1.165, 1.54) is 0 Å². The predicted molar refractivity (Wildman–Crippen MR) is 154 cm³/mol. The lowest BCUT2D eigenvalue weighted by Crippen LogP contribution is -2.57. The van der Waals surface area contributed by atoms with Crippen LogP contribution in [-0.2, 0) is 16.1 Å². The first-order valence-corrected chi connectivity index (χ1v) is 14.5. The smallest absolute Gasteiger partial charge is 0.490 e. The van der Waals surface area contributed by atoms with Crippen molar-refractivity contribution in [1.82, 2.24) is 9.80 Å². The summed E-state index contributed by atoms with van der Waals surface area (Å²) < 4.78 is 56.7. The van der Waals surface area contributed by atoms with E-state index in [1.807, 2.05) is 66.4 Å². The maximum absolute atomic E-state index is 13.4. The Balaban J connectivity index is 1.27. The summed E-state index contributed by atoms with van der Waals surface area (Å²) in [7, 11) is 0. The van der Waals surface area contributed by atoms with Crippen LogP contribution in [0.2, 0.25) is 0 Å². The summed E-state index contributed by atoms with van der Waals surface area (Å²) in [5.41, 5.74) is 0.721. The minimum Gasteiger partial charge on any atom is -0.494 e. The number of ether oxygens (including phenoxy) is 3. The van der Waals surface area contributed by atoms with E-state index in [0.717, 1.165) is 11.3 Å². The molecule has 7 nitrogen and oxygen atoms in total. The van der Waals surface area contributed by atoms with Gasteiger partial charge in [-0.2, -0.15) is 13.2 Å². The fourth-order valence-corrected chi connectivity index (χ4v) is 5.96. The Morgan fingerprint density at radius 3 is 2.28 bits per heavy atom. The number of halogens is 3. The van der Waals surface area contributed by atoms with Gasteiger partial charge in [-0.3, -0.25) is 9.69 Å². The molecule has 1 amide bonds. The number of likely N-dealkylation sites (tertiary alicyclic amines) is 2. The second kappa shape index (κ2) is 13.1. The second-order valence-corrected chi connectivity index (χ2v) is 11.0. The lowest BCUT2D eigenvalue weighted by Gasteiger charge is -2.51. The molecule has 43 heavy (non-hydrogen) atoms. The molecule has 0 bridgehead atoms. The molecule has 0 aliphatic carbocycles. The van der Waals surface area contributed by atoms with Gasteiger partial charge in [0.15, 0.2) is 0 Å². The monoisotopic (exact) mass is 596 g/mol. The summed E-state index contributed by atoms with van der Waals surface area (Å²) in [5.74, 6) is -0.453. The molecule has 1 atom stereocenters. The van der Waals surface area contributed by atoms with E-state index in [4.69, 9.17) is 14.2 Å². The Kier molecular flexibility index (Phi) is 9.25. The highest BCUT2D eigenvalue weighted by Gasteiger charge is 2.51. The van der Waals surface area contributed by atoms with E-state index in [-0.39, 0.29) is 12.5 Å². The number of hydrogen-bond donors (Lipinski definition) is 0. The summed E-state index contributed by atoms with van der Waals surface area (Å²) in [5, 5.41) is 0. The zero-order chi connectivity index (χ0) is 30.5. The molecule has 2 aliphatic heterocycles. The molecule has 0 aromatic heterocycles. The van der Waals surface area contributed by atoms with Crippen LogP contribution in [0, 0.1) is 5.41 Å². The normalized spacial score (nSPS) is 18.7. The van der Waals surface area contributed by atoms with Crippen molar-refractivity contribution in [2.24, 2.45) is 5.41 Å². The maximum Gasteiger partial charge on any atom is 0.490 e. The molecular weight excluding hydrogens is 561 g/mol. The number of piperidine rings is 2. The molecule has 3 aromatic carbocycles. The summed E-state index contributed by atoms with van der Waals surface area (Å²) in [6.45, 7) is 4.30. The SMILES string of the molecule is CCOc1ccccc1CN1CCC2(CCN(C(=O)c3cccc(Oc4ccccc4)c3)CC2)C(OC(=O)C(F)(F)F)C1. The van der Waals surface area contributed by atoms with E-state index in [1.54, 1.807) is 29.2 Å². The third-order valence-corrected chi connectivity index (χ3v) is 8.29. The number of hydrogen-bond acceptors (Lipinski definition) is 6. The van der Waals surface area contributed by atoms with Crippen molar-refractivity contribution in [3.8, 4) is 17.2 Å². The number of benzene rings is 3. The van der Waals surface area contributed by atoms with Gasteiger partial charge in [0.05, 0.1) is 6.61 Å². The number of esters is 1. The molecule has 0 radical (unpaired) electrons. The van der Waals surface area contributed by atoms with Gasteiger partial charge in [-0.25, -0.2) is 4.79 Å². The first-order chi connectivity index (χ1) is 20.7. The van der Waals surface area contributed by atoms with E-state index in [0.29, 0.717) is 69.1 Å². The third-order valence-electron chi connectivity index (χ3n) is 8.29. The van der Waals surface area contributed by atoms with Gasteiger partial charge in [0.1, 0.15) is 23.4 Å². The summed E-state index contributed by atoms with van der Waals surface area (Å²) in [6.07, 6.45) is -4.65. The average molecular weight is 597 g/mol. The van der Waals surface area contributed by atoms with Crippen molar-refractivity contribution in [3.05, 3.63) is 90.0 Å². The molecule has 2 fully saturated rings. The molecule has 10 heteroatoms. The lowest BCUT2D eigenvalue weighted by molar-refractivity contribution is -0.216. The van der Waals surface area contributed by atoms with Crippen molar-refractivity contribution in [2.45, 2.75) is 45.0 Å². The Labute approximate surface area is 249 Å². The van der Waals surface area contributed by atoms with Gasteiger partial charge in [-0.15, -0.1) is 0 Å². The molecule has 228 valence electrons. The van der Waals surface area contributed by atoms with Crippen LogP contribution in [0.3, 0.4) is 0 Å². The van der Waals surface area contributed by atoms with Gasteiger partial charge in [-0.1, -0.05) is 42.5 Å². The van der Waals surface area contributed by atoms with Crippen molar-refractivity contribution >= 4 is 11.9 Å². The number of rotatable bonds is 8. The predicted octanol–water partition coefficient (Wildman–Crippen LogP) is 6.48. The van der Waals surface area contributed by atoms with Crippen LogP contribution >= 0.6 is 0 Å². The summed E-state index contributed by atoms with van der Waals surface area (Å²) in [4.78, 5) is 29.2. The minimum absolute atomic E-state index is 0.162. The standard InChI is InChI=1S/C33H35F3N2O5/c1-2-41-28-14-7-6-9-25(28)22-37-18-15-32(29(23-37)43-31(40)33(34,35)36)16-19-38(20-17-32)30(39)24-10-8-13-27(21-24)42-26-11-4-3-5-12-26/h3-14,21,29H,2,15-20,22-23H2,1H3. The van der Waals surface area contributed by atoms with Gasteiger partial charge in [0.25, 0.3) is 5.91 Å². The third kappa shape index (κ3) is 7.30. The summed E-state index contributed by atoms with van der Waals surface area (Å²) in [6, 6.07) is 23.7. The number of para-hydroxylation sites is 2. The fourth-order valence-electron chi connectivity index (χ4n) is 5.96. The zero-order valence-corrected chi connectivity index (χ0v) is 24.0. The fraction of sp³-hybridized carbons (Fsp3) is 0.394. The largest absolute Gasteiger partial charge is 0.494 e. The minimum atomic E-state index is -5.09.